The van der Waals surface area contributed by atoms with Crippen molar-refractivity contribution in [3.8, 4) is 6.07 Å². The van der Waals surface area contributed by atoms with E-state index >= 15 is 0 Å². The maximum atomic E-state index is 13.1. The quantitative estimate of drug-likeness (QED) is 0.169. The Morgan fingerprint density at radius 2 is 1.84 bits per heavy atom. The summed E-state index contributed by atoms with van der Waals surface area (Å²) in [5.41, 5.74) is 7.14. The molecule has 0 heterocycles. The zero-order valence-corrected chi connectivity index (χ0v) is 25.0. The summed E-state index contributed by atoms with van der Waals surface area (Å²) >= 11 is 0. The van der Waals surface area contributed by atoms with Gasteiger partial charge in [-0.05, 0) is 73.6 Å². The second kappa shape index (κ2) is 13.1. The van der Waals surface area contributed by atoms with Crippen molar-refractivity contribution in [2.75, 3.05) is 37.7 Å². The van der Waals surface area contributed by atoms with Crippen LogP contribution in [0.3, 0.4) is 0 Å². The largest absolute Gasteiger partial charge is 0.871 e. The summed E-state index contributed by atoms with van der Waals surface area (Å²) in [6.07, 6.45) is 5.84. The average Bonchev–Trinajstić information content (AvgIpc) is 3.40. The van der Waals surface area contributed by atoms with Gasteiger partial charge in [-0.1, -0.05) is 48.2 Å². The first-order valence-electron chi connectivity index (χ1n) is 15.0. The van der Waals surface area contributed by atoms with Crippen LogP contribution in [-0.2, 0) is 9.53 Å². The number of fused-ring (bicyclic) bond motifs is 1. The molecule has 0 spiro atoms. The molecule has 0 aromatic heterocycles. The maximum Gasteiger partial charge on any atom is 0.265 e. The minimum absolute atomic E-state index is 0.122. The molecule has 7 nitrogen and oxygen atoms in total. The lowest BCUT2D eigenvalue weighted by Crippen LogP contribution is -2.31. The number of benzene rings is 2. The van der Waals surface area contributed by atoms with Crippen molar-refractivity contribution >= 4 is 28.3 Å². The number of allylic oxidation sites excluding steroid dienone is 6. The average molecular weight is 573 g/mol. The van der Waals surface area contributed by atoms with E-state index in [4.69, 9.17) is 11.3 Å². The Morgan fingerprint density at radius 3 is 2.44 bits per heavy atom. The SMILES string of the molecule is [C-]#[N+]/C(C#N)=C1\CC(OCCN(CC)c2ccc(C3=C([O-])/C(=C4/C=CC(=[N+](CC)CC)CC4)C3=O)cc2)c2ccccc21. The van der Waals surface area contributed by atoms with Crippen LogP contribution in [0.25, 0.3) is 16.0 Å². The lowest BCUT2D eigenvalue weighted by Gasteiger charge is -2.33. The molecule has 5 rings (SSSR count). The third-order valence-electron chi connectivity index (χ3n) is 8.64. The standard InChI is InChI=1S/C36H36N4O3/c1-5-39(6-2)26-16-12-24(13-17-26)33-35(41)34(36(33)42)25-14-18-27(19-15-25)40(7-3)20-21-43-32-22-30(31(23-37)38-4)28-10-8-9-11-29(28)32/h8-12,14-16,18-19,32H,5-7,13,17,20-22H2,1-3H3/b31-30+. The molecule has 7 heteroatoms. The van der Waals surface area contributed by atoms with Crippen molar-refractivity contribution < 1.29 is 19.2 Å². The molecule has 2 aromatic rings. The Balaban J connectivity index is 1.25. The van der Waals surface area contributed by atoms with E-state index in [0.717, 1.165) is 54.0 Å². The molecule has 0 saturated heterocycles. The summed E-state index contributed by atoms with van der Waals surface area (Å²) in [5.74, 6) is -0.319. The molecule has 218 valence electrons. The van der Waals surface area contributed by atoms with Gasteiger partial charge in [0.15, 0.2) is 11.5 Å². The van der Waals surface area contributed by atoms with Crippen LogP contribution < -0.4 is 10.0 Å². The third-order valence-corrected chi connectivity index (χ3v) is 8.64. The van der Waals surface area contributed by atoms with E-state index in [9.17, 15) is 15.2 Å². The molecule has 3 aliphatic carbocycles. The Kier molecular flexibility index (Phi) is 9.04. The predicted octanol–water partition coefficient (Wildman–Crippen LogP) is 5.62. The number of hydrogen-bond donors (Lipinski definition) is 0. The molecule has 43 heavy (non-hydrogen) atoms. The van der Waals surface area contributed by atoms with Crippen LogP contribution in [-0.4, -0.2) is 48.9 Å². The molecule has 0 amide bonds. The number of carbonyl (C=O) groups excluding carboxylic acids is 1. The zero-order chi connectivity index (χ0) is 30.5. The van der Waals surface area contributed by atoms with Gasteiger partial charge < -0.3 is 14.7 Å². The molecule has 0 N–H and O–H groups in total. The van der Waals surface area contributed by atoms with E-state index in [1.54, 1.807) is 0 Å². The highest BCUT2D eigenvalue weighted by atomic mass is 16.5. The van der Waals surface area contributed by atoms with Crippen LogP contribution in [0.4, 0.5) is 5.69 Å². The minimum atomic E-state index is -0.201. The summed E-state index contributed by atoms with van der Waals surface area (Å²) in [7, 11) is 0. The van der Waals surface area contributed by atoms with Crippen LogP contribution in [0, 0.1) is 17.9 Å². The molecule has 0 saturated carbocycles. The fourth-order valence-corrected chi connectivity index (χ4v) is 6.28. The number of nitriles is 1. The number of hydrogen-bond acceptors (Lipinski definition) is 5. The summed E-state index contributed by atoms with van der Waals surface area (Å²) < 4.78 is 8.58. The van der Waals surface area contributed by atoms with Crippen molar-refractivity contribution in [1.82, 2.24) is 0 Å². The number of nitrogens with zero attached hydrogens (tertiary/aromatic N) is 4. The van der Waals surface area contributed by atoms with E-state index in [1.807, 2.05) is 66.8 Å². The molecule has 0 bridgehead atoms. The summed E-state index contributed by atoms with van der Waals surface area (Å²) in [6, 6.07) is 17.4. The Morgan fingerprint density at radius 1 is 1.09 bits per heavy atom. The van der Waals surface area contributed by atoms with Crippen molar-refractivity contribution in [2.24, 2.45) is 0 Å². The number of anilines is 1. The van der Waals surface area contributed by atoms with Crippen LogP contribution in [0.1, 0.15) is 62.8 Å². The van der Waals surface area contributed by atoms with Gasteiger partial charge in [0, 0.05) is 42.4 Å². The van der Waals surface area contributed by atoms with E-state index in [0.29, 0.717) is 37.1 Å². The predicted molar refractivity (Wildman–Crippen MR) is 167 cm³/mol. The lowest BCUT2D eigenvalue weighted by molar-refractivity contribution is -0.521. The van der Waals surface area contributed by atoms with Crippen molar-refractivity contribution in [3.05, 3.63) is 111 Å². The Hall–Kier alpha value is -4.72. The fraction of sp³-hybridized carbons (Fsp3) is 0.333. The summed E-state index contributed by atoms with van der Waals surface area (Å²) in [5, 5.41) is 22.5. The number of ketones is 1. The summed E-state index contributed by atoms with van der Waals surface area (Å²) in [4.78, 5) is 18.7. The molecule has 0 radical (unpaired) electrons. The number of carbonyl (C=O) groups is 1. The molecule has 1 unspecified atom stereocenters. The number of ether oxygens (including phenoxy) is 1. The summed E-state index contributed by atoms with van der Waals surface area (Å²) in [6.45, 7) is 17.5. The monoisotopic (exact) mass is 572 g/mol. The fourth-order valence-electron chi connectivity index (χ4n) is 6.28. The third kappa shape index (κ3) is 5.69. The topological polar surface area (TPSA) is 83.8 Å². The zero-order valence-electron chi connectivity index (χ0n) is 25.0. The van der Waals surface area contributed by atoms with Gasteiger partial charge in [-0.2, -0.15) is 0 Å². The van der Waals surface area contributed by atoms with Gasteiger partial charge in [0.2, 0.25) is 0 Å². The van der Waals surface area contributed by atoms with E-state index in [-0.39, 0.29) is 28.9 Å². The van der Waals surface area contributed by atoms with Gasteiger partial charge in [-0.3, -0.25) is 4.79 Å². The van der Waals surface area contributed by atoms with E-state index in [2.05, 4.69) is 35.1 Å². The van der Waals surface area contributed by atoms with Gasteiger partial charge in [-0.25, -0.2) is 14.7 Å². The number of rotatable bonds is 9. The van der Waals surface area contributed by atoms with Crippen molar-refractivity contribution in [1.29, 1.82) is 5.26 Å². The van der Waals surface area contributed by atoms with Crippen LogP contribution in [0.15, 0.2) is 83.3 Å². The molecule has 0 fully saturated rings. The van der Waals surface area contributed by atoms with Gasteiger partial charge in [-0.15, -0.1) is 0 Å². The van der Waals surface area contributed by atoms with Gasteiger partial charge in [0.25, 0.3) is 5.70 Å². The highest BCUT2D eigenvalue weighted by Gasteiger charge is 2.32. The molecule has 1 atom stereocenters. The number of Topliss-reactive ketones (excluding diaryl/α,β-unsaturated/α-hetero) is 1. The first-order valence-corrected chi connectivity index (χ1v) is 15.0. The normalized spacial score (nSPS) is 20.3. The van der Waals surface area contributed by atoms with Crippen LogP contribution >= 0.6 is 0 Å². The van der Waals surface area contributed by atoms with Gasteiger partial charge in [0.1, 0.15) is 13.1 Å². The minimum Gasteiger partial charge on any atom is -0.871 e. The molecule has 0 aliphatic heterocycles. The lowest BCUT2D eigenvalue weighted by atomic mass is 9.79. The molecular formula is C36H36N4O3. The first kappa shape index (κ1) is 29.8. The molecule has 3 aliphatic rings. The second-order valence-electron chi connectivity index (χ2n) is 10.8. The number of likely N-dealkylation sites (N-methyl/N-ethyl adjacent to an activating group) is 1. The maximum absolute atomic E-state index is 13.1. The van der Waals surface area contributed by atoms with E-state index in [1.165, 1.54) is 5.71 Å². The Labute approximate surface area is 253 Å². The van der Waals surface area contributed by atoms with Gasteiger partial charge in [0.05, 0.1) is 25.4 Å². The highest BCUT2D eigenvalue weighted by molar-refractivity contribution is 6.39. The molecule has 2 aromatic carbocycles. The van der Waals surface area contributed by atoms with E-state index < -0.39 is 0 Å². The first-order chi connectivity index (χ1) is 20.9. The van der Waals surface area contributed by atoms with Gasteiger partial charge >= 0.3 is 0 Å². The molecular weight excluding hydrogens is 536 g/mol. The van der Waals surface area contributed by atoms with Crippen molar-refractivity contribution in [2.45, 2.75) is 46.1 Å². The second-order valence-corrected chi connectivity index (χ2v) is 10.8. The van der Waals surface area contributed by atoms with Crippen molar-refractivity contribution in [3.63, 3.8) is 0 Å². The van der Waals surface area contributed by atoms with Crippen LogP contribution in [0.5, 0.6) is 0 Å². The highest BCUT2D eigenvalue weighted by Crippen LogP contribution is 2.43. The van der Waals surface area contributed by atoms with Crippen LogP contribution in [0.2, 0.25) is 0 Å². The Bertz CT molecular complexity index is 1650. The smallest absolute Gasteiger partial charge is 0.265 e.